The Bertz CT molecular complexity index is 742. The summed E-state index contributed by atoms with van der Waals surface area (Å²) in [6.07, 6.45) is -0.911. The van der Waals surface area contributed by atoms with Crippen LogP contribution >= 0.6 is 0 Å². The lowest BCUT2D eigenvalue weighted by Gasteiger charge is -2.14. The Hall–Kier alpha value is -3.15. The average molecular weight is 340 g/mol. The minimum Gasteiger partial charge on any atom is -0.449 e. The number of esters is 1. The number of benzene rings is 2. The topological polar surface area (TPSA) is 84.5 Å². The minimum atomic E-state index is -0.911. The van der Waals surface area contributed by atoms with Gasteiger partial charge in [-0.2, -0.15) is 0 Å². The van der Waals surface area contributed by atoms with Gasteiger partial charge in [0.15, 0.2) is 6.10 Å². The van der Waals surface area contributed by atoms with Gasteiger partial charge in [0.05, 0.1) is 5.56 Å². The van der Waals surface area contributed by atoms with Gasteiger partial charge in [-0.15, -0.1) is 0 Å². The molecule has 6 nitrogen and oxygen atoms in total. The second kappa shape index (κ2) is 8.63. The summed E-state index contributed by atoms with van der Waals surface area (Å²) < 4.78 is 5.17. The molecule has 0 bridgehead atoms. The molecule has 0 radical (unpaired) electrons. The number of ether oxygens (including phenoxy) is 1. The molecule has 0 saturated heterocycles. The lowest BCUT2D eigenvalue weighted by atomic mass is 10.2. The van der Waals surface area contributed by atoms with Crippen molar-refractivity contribution < 1.29 is 19.1 Å². The highest BCUT2D eigenvalue weighted by Gasteiger charge is 2.18. The molecule has 1 atom stereocenters. The van der Waals surface area contributed by atoms with Gasteiger partial charge in [-0.25, -0.2) is 4.79 Å². The molecule has 0 saturated carbocycles. The van der Waals surface area contributed by atoms with Gasteiger partial charge in [-0.1, -0.05) is 30.3 Å². The number of hydrogen-bond donors (Lipinski definition) is 2. The second-order valence-electron chi connectivity index (χ2n) is 5.51. The third-order valence-corrected chi connectivity index (χ3v) is 3.40. The largest absolute Gasteiger partial charge is 0.449 e. The standard InChI is InChI=1S/C19H20N2O4/c1-13(18(23)20-12-15-6-4-3-5-7-15)25-19(24)16-8-10-17(11-9-16)21-14(2)22/h3-11,13H,12H2,1-2H3,(H,20,23)(H,21,22)/t13-/m1/s1. The van der Waals surface area contributed by atoms with Gasteiger partial charge in [0, 0.05) is 19.2 Å². The van der Waals surface area contributed by atoms with Crippen molar-refractivity contribution in [3.8, 4) is 0 Å². The van der Waals surface area contributed by atoms with Crippen LogP contribution in [0, 0.1) is 0 Å². The van der Waals surface area contributed by atoms with Crippen molar-refractivity contribution in [2.75, 3.05) is 5.32 Å². The molecular formula is C19H20N2O4. The van der Waals surface area contributed by atoms with E-state index < -0.39 is 12.1 Å². The normalized spacial score (nSPS) is 11.3. The van der Waals surface area contributed by atoms with Crippen LogP contribution < -0.4 is 10.6 Å². The van der Waals surface area contributed by atoms with Crippen LogP contribution in [0.3, 0.4) is 0 Å². The van der Waals surface area contributed by atoms with Gasteiger partial charge in [0.25, 0.3) is 5.91 Å². The quantitative estimate of drug-likeness (QED) is 0.791. The van der Waals surface area contributed by atoms with Gasteiger partial charge in [-0.05, 0) is 36.8 Å². The summed E-state index contributed by atoms with van der Waals surface area (Å²) >= 11 is 0. The molecule has 0 aromatic heterocycles. The maximum absolute atomic E-state index is 12.1. The Labute approximate surface area is 146 Å². The summed E-state index contributed by atoms with van der Waals surface area (Å²) in [5, 5.41) is 5.33. The van der Waals surface area contributed by atoms with Crippen LogP contribution in [0.1, 0.15) is 29.8 Å². The predicted octanol–water partition coefficient (Wildman–Crippen LogP) is 2.51. The summed E-state index contributed by atoms with van der Waals surface area (Å²) in [4.78, 5) is 35.1. The Morgan fingerprint density at radius 2 is 1.64 bits per heavy atom. The molecule has 6 heteroatoms. The van der Waals surface area contributed by atoms with Crippen molar-refractivity contribution in [3.05, 3.63) is 65.7 Å². The molecule has 2 aromatic carbocycles. The summed E-state index contributed by atoms with van der Waals surface area (Å²) in [6, 6.07) is 15.7. The summed E-state index contributed by atoms with van der Waals surface area (Å²) in [5.74, 6) is -1.16. The first-order valence-electron chi connectivity index (χ1n) is 7.86. The van der Waals surface area contributed by atoms with Crippen molar-refractivity contribution in [3.63, 3.8) is 0 Å². The fourth-order valence-electron chi connectivity index (χ4n) is 2.10. The van der Waals surface area contributed by atoms with Crippen LogP contribution in [-0.4, -0.2) is 23.9 Å². The third kappa shape index (κ3) is 5.76. The molecule has 0 aliphatic carbocycles. The first kappa shape index (κ1) is 18.2. The Morgan fingerprint density at radius 3 is 2.24 bits per heavy atom. The third-order valence-electron chi connectivity index (χ3n) is 3.40. The van der Waals surface area contributed by atoms with E-state index in [2.05, 4.69) is 10.6 Å². The van der Waals surface area contributed by atoms with Crippen LogP contribution in [0.2, 0.25) is 0 Å². The zero-order chi connectivity index (χ0) is 18.2. The fourth-order valence-corrected chi connectivity index (χ4v) is 2.10. The van der Waals surface area contributed by atoms with E-state index in [1.807, 2.05) is 30.3 Å². The number of hydrogen-bond acceptors (Lipinski definition) is 4. The van der Waals surface area contributed by atoms with E-state index in [0.29, 0.717) is 17.8 Å². The Balaban J connectivity index is 1.86. The molecule has 0 unspecified atom stereocenters. The van der Waals surface area contributed by atoms with Gasteiger partial charge in [0.1, 0.15) is 0 Å². The lowest BCUT2D eigenvalue weighted by molar-refractivity contribution is -0.129. The average Bonchev–Trinajstić information content (AvgIpc) is 2.60. The molecule has 0 aliphatic rings. The van der Waals surface area contributed by atoms with Crippen LogP contribution in [0.15, 0.2) is 54.6 Å². The maximum Gasteiger partial charge on any atom is 0.338 e. The summed E-state index contributed by atoms with van der Waals surface area (Å²) in [5.41, 5.74) is 1.84. The molecule has 0 fully saturated rings. The molecule has 25 heavy (non-hydrogen) atoms. The monoisotopic (exact) mass is 340 g/mol. The van der Waals surface area contributed by atoms with Crippen molar-refractivity contribution in [2.45, 2.75) is 26.5 Å². The second-order valence-corrected chi connectivity index (χ2v) is 5.51. The molecule has 130 valence electrons. The van der Waals surface area contributed by atoms with E-state index in [-0.39, 0.29) is 11.8 Å². The molecule has 0 spiro atoms. The van der Waals surface area contributed by atoms with Crippen LogP contribution in [0.5, 0.6) is 0 Å². The van der Waals surface area contributed by atoms with Crippen LogP contribution in [0.25, 0.3) is 0 Å². The summed E-state index contributed by atoms with van der Waals surface area (Å²) in [7, 11) is 0. The number of amides is 2. The summed E-state index contributed by atoms with van der Waals surface area (Å²) in [6.45, 7) is 3.29. The minimum absolute atomic E-state index is 0.195. The SMILES string of the molecule is CC(=O)Nc1ccc(C(=O)O[C@H](C)C(=O)NCc2ccccc2)cc1. The Morgan fingerprint density at radius 1 is 1.00 bits per heavy atom. The molecule has 0 heterocycles. The van der Waals surface area contributed by atoms with E-state index in [9.17, 15) is 14.4 Å². The zero-order valence-electron chi connectivity index (χ0n) is 14.1. The highest BCUT2D eigenvalue weighted by Crippen LogP contribution is 2.11. The van der Waals surface area contributed by atoms with Gasteiger partial charge >= 0.3 is 5.97 Å². The maximum atomic E-state index is 12.1. The van der Waals surface area contributed by atoms with Crippen LogP contribution in [0.4, 0.5) is 5.69 Å². The first-order chi connectivity index (χ1) is 12.0. The van der Waals surface area contributed by atoms with Gasteiger partial charge in [-0.3, -0.25) is 9.59 Å². The smallest absolute Gasteiger partial charge is 0.338 e. The lowest BCUT2D eigenvalue weighted by Crippen LogP contribution is -2.35. The number of carbonyl (C=O) groups is 3. The molecule has 2 N–H and O–H groups in total. The Kier molecular flexibility index (Phi) is 6.28. The van der Waals surface area contributed by atoms with E-state index in [1.54, 1.807) is 12.1 Å². The first-order valence-corrected chi connectivity index (χ1v) is 7.86. The molecule has 2 aromatic rings. The number of anilines is 1. The highest BCUT2D eigenvalue weighted by atomic mass is 16.5. The molecule has 0 aliphatic heterocycles. The number of rotatable bonds is 6. The van der Waals surface area contributed by atoms with E-state index >= 15 is 0 Å². The molecule has 2 amide bonds. The fraction of sp³-hybridized carbons (Fsp3) is 0.211. The van der Waals surface area contributed by atoms with E-state index in [0.717, 1.165) is 5.56 Å². The van der Waals surface area contributed by atoms with Crippen molar-refractivity contribution in [1.82, 2.24) is 5.32 Å². The number of carbonyl (C=O) groups excluding carboxylic acids is 3. The van der Waals surface area contributed by atoms with Crippen molar-refractivity contribution in [2.24, 2.45) is 0 Å². The van der Waals surface area contributed by atoms with E-state index in [1.165, 1.54) is 26.0 Å². The van der Waals surface area contributed by atoms with Crippen molar-refractivity contribution in [1.29, 1.82) is 0 Å². The van der Waals surface area contributed by atoms with Crippen LogP contribution in [-0.2, 0) is 20.9 Å². The zero-order valence-corrected chi connectivity index (χ0v) is 14.1. The molecule has 2 rings (SSSR count). The van der Waals surface area contributed by atoms with Gasteiger partial charge < -0.3 is 15.4 Å². The van der Waals surface area contributed by atoms with E-state index in [4.69, 9.17) is 4.74 Å². The molecular weight excluding hydrogens is 320 g/mol. The highest BCUT2D eigenvalue weighted by molar-refractivity contribution is 5.93. The van der Waals surface area contributed by atoms with Gasteiger partial charge in [0.2, 0.25) is 5.91 Å². The number of nitrogens with one attached hydrogen (secondary N) is 2. The van der Waals surface area contributed by atoms with Crippen molar-refractivity contribution >= 4 is 23.5 Å². The predicted molar refractivity (Wildman–Crippen MR) is 93.9 cm³/mol.